The lowest BCUT2D eigenvalue weighted by atomic mass is 10.5. The third-order valence-electron chi connectivity index (χ3n) is 3.68. The van der Waals surface area contributed by atoms with Crippen LogP contribution < -0.4 is 0 Å². The second-order valence-electron chi connectivity index (χ2n) is 7.80. The normalized spacial score (nSPS) is 16.5. The molecule has 0 N–H and O–H groups in total. The number of ether oxygens (including phenoxy) is 8. The van der Waals surface area contributed by atoms with Gasteiger partial charge in [-0.25, -0.2) is 37.9 Å². The van der Waals surface area contributed by atoms with Gasteiger partial charge >= 0.3 is 86.4 Å². The van der Waals surface area contributed by atoms with Crippen LogP contribution >= 0.6 is 0 Å². The van der Waals surface area contributed by atoms with Crippen molar-refractivity contribution in [1.82, 2.24) is 0 Å². The summed E-state index contributed by atoms with van der Waals surface area (Å²) in [6, 6.07) is 0. The summed E-state index contributed by atoms with van der Waals surface area (Å²) in [6.45, 7) is 0. The van der Waals surface area contributed by atoms with Gasteiger partial charge in [0.1, 0.15) is 0 Å². The smallest absolute Gasteiger partial charge is 0.241 e. The molecule has 8 nitrogen and oxygen atoms in total. The Labute approximate surface area is 257 Å². The van der Waals surface area contributed by atoms with Gasteiger partial charge in [-0.15, -0.1) is 43.9 Å². The fourth-order valence-corrected chi connectivity index (χ4v) is 1.85. The highest BCUT2D eigenvalue weighted by Gasteiger charge is 2.79. The maximum atomic E-state index is 13.4. The van der Waals surface area contributed by atoms with E-state index in [1.165, 1.54) is 28.4 Å². The van der Waals surface area contributed by atoms with Crippen LogP contribution in [0.1, 0.15) is 0 Å². The van der Waals surface area contributed by atoms with Crippen molar-refractivity contribution in [1.29, 1.82) is 0 Å². The van der Waals surface area contributed by atoms with Gasteiger partial charge in [0.05, 0.1) is 0 Å². The van der Waals surface area contributed by atoms with E-state index in [0.29, 0.717) is 0 Å². The fourth-order valence-electron chi connectivity index (χ4n) is 1.85. The van der Waals surface area contributed by atoms with Crippen LogP contribution in [-0.2, 0) is 37.9 Å². The third-order valence-corrected chi connectivity index (χ3v) is 3.68. The third kappa shape index (κ3) is 12.6. The van der Waals surface area contributed by atoms with Crippen molar-refractivity contribution in [3.63, 3.8) is 0 Å². The summed E-state index contributed by atoms with van der Waals surface area (Å²) in [6.07, 6.45) is -109. The van der Waals surface area contributed by atoms with E-state index in [1.54, 1.807) is 0 Å². The minimum atomic E-state index is -8.31. The molecule has 0 aliphatic carbocycles. The average Bonchev–Trinajstić information content (AvgIpc) is 2.70. The van der Waals surface area contributed by atoms with Crippen LogP contribution in [0.2, 0.25) is 0 Å². The number of alkyl halides is 30. The van der Waals surface area contributed by atoms with Crippen LogP contribution in [-0.4, -0.2) is 86.4 Å². The standard InChI is InChI=1S/C14F30O8/c15-1(16,45-3(19,20)7(27,28)49-13(41,42)51-9(31,32)5(23,24)47-11(35,36)37)2(17,18)46-4(21,22)8(29,30)50-14(43,44)52-10(33,34)6(25,26)48-12(38,39)40. The molecule has 0 aliphatic heterocycles. The van der Waals surface area contributed by atoms with Gasteiger partial charge in [-0.2, -0.15) is 87.8 Å². The molecule has 0 fully saturated rings. The molecule has 0 heterocycles. The van der Waals surface area contributed by atoms with E-state index in [9.17, 15) is 132 Å². The minimum absolute atomic E-state index is 1.07. The van der Waals surface area contributed by atoms with Crippen molar-refractivity contribution < 1.29 is 170 Å². The first-order valence-electron chi connectivity index (χ1n) is 10.2. The summed E-state index contributed by atoms with van der Waals surface area (Å²) in [5.74, 6) is 0. The van der Waals surface area contributed by atoms with E-state index < -0.39 is 86.4 Å². The second kappa shape index (κ2) is 13.7. The van der Waals surface area contributed by atoms with Crippen LogP contribution in [0.4, 0.5) is 132 Å². The molecule has 0 unspecified atom stereocenters. The van der Waals surface area contributed by atoms with Gasteiger partial charge in [0.15, 0.2) is 0 Å². The molecule has 0 spiro atoms. The monoisotopic (exact) mass is 866 g/mol. The van der Waals surface area contributed by atoms with E-state index >= 15 is 0 Å². The molecule has 0 aromatic heterocycles. The van der Waals surface area contributed by atoms with Crippen LogP contribution in [0.25, 0.3) is 0 Å². The first-order chi connectivity index (χ1) is 21.9. The van der Waals surface area contributed by atoms with Crippen LogP contribution in [0.15, 0.2) is 0 Å². The first-order valence-corrected chi connectivity index (χ1v) is 10.2. The molecule has 0 rings (SSSR count). The molecule has 52 heavy (non-hydrogen) atoms. The SMILES string of the molecule is FC(F)(F)OC(F)(F)C(F)(F)OC(F)(F)OC(F)(F)C(F)(F)OC(F)(F)C(F)(F)OC(F)(F)C(F)(F)OC(F)(F)OC(F)(F)C(F)(F)OC(F)(F)F. The van der Waals surface area contributed by atoms with E-state index in [0.717, 1.165) is 9.47 Å². The maximum Gasteiger partial charge on any atom is 0.527 e. The number of halogens is 30. The van der Waals surface area contributed by atoms with Crippen LogP contribution in [0.3, 0.4) is 0 Å². The predicted octanol–water partition coefficient (Wildman–Crippen LogP) is 9.19. The zero-order valence-corrected chi connectivity index (χ0v) is 21.6. The Morgan fingerprint density at radius 3 is 0.404 bits per heavy atom. The molecule has 0 aliphatic rings. The van der Waals surface area contributed by atoms with Crippen molar-refractivity contribution in [3.05, 3.63) is 0 Å². The number of hydrogen-bond donors (Lipinski definition) is 0. The Kier molecular flexibility index (Phi) is 13.1. The molecule has 314 valence electrons. The summed E-state index contributed by atoms with van der Waals surface area (Å²) in [4.78, 5) is 0. The van der Waals surface area contributed by atoms with Gasteiger partial charge < -0.3 is 0 Å². The molecule has 0 saturated carbocycles. The molecular weight excluding hydrogens is 866 g/mol. The Balaban J connectivity index is 6.19. The second-order valence-corrected chi connectivity index (χ2v) is 7.80. The summed E-state index contributed by atoms with van der Waals surface area (Å²) in [5, 5.41) is 0. The molecule has 0 amide bonds. The minimum Gasteiger partial charge on any atom is -0.241 e. The van der Waals surface area contributed by atoms with E-state index in [2.05, 4.69) is 0 Å². The van der Waals surface area contributed by atoms with Crippen molar-refractivity contribution >= 4 is 0 Å². The first kappa shape index (κ1) is 49.6. The Bertz CT molecular complexity index is 1110. The van der Waals surface area contributed by atoms with Crippen LogP contribution in [0, 0.1) is 0 Å². The zero-order valence-electron chi connectivity index (χ0n) is 21.6. The average molecular weight is 866 g/mol. The number of rotatable bonds is 19. The molecular formula is C14F30O8. The van der Waals surface area contributed by atoms with Gasteiger partial charge in [-0.1, -0.05) is 0 Å². The molecule has 0 aromatic rings. The topological polar surface area (TPSA) is 73.8 Å². The van der Waals surface area contributed by atoms with Crippen molar-refractivity contribution in [2.24, 2.45) is 0 Å². The Morgan fingerprint density at radius 2 is 0.269 bits per heavy atom. The lowest BCUT2D eigenvalue weighted by Gasteiger charge is -2.36. The highest BCUT2D eigenvalue weighted by atomic mass is 19.4. The van der Waals surface area contributed by atoms with Crippen molar-refractivity contribution in [3.8, 4) is 0 Å². The molecule has 0 saturated heterocycles. The number of hydrogen-bond acceptors (Lipinski definition) is 8. The largest absolute Gasteiger partial charge is 0.527 e. The summed E-state index contributed by atoms with van der Waals surface area (Å²) >= 11 is 0. The van der Waals surface area contributed by atoms with E-state index in [-0.39, 0.29) is 0 Å². The summed E-state index contributed by atoms with van der Waals surface area (Å²) in [7, 11) is 0. The predicted molar refractivity (Wildman–Crippen MR) is 80.2 cm³/mol. The van der Waals surface area contributed by atoms with E-state index in [4.69, 9.17) is 0 Å². The van der Waals surface area contributed by atoms with Gasteiger partial charge in [0.25, 0.3) is 0 Å². The summed E-state index contributed by atoms with van der Waals surface area (Å²) in [5.41, 5.74) is 0. The van der Waals surface area contributed by atoms with Gasteiger partial charge in [-0.3, -0.25) is 0 Å². The zero-order chi connectivity index (χ0) is 42.7. The molecule has 0 radical (unpaired) electrons. The van der Waals surface area contributed by atoms with Gasteiger partial charge in [0, 0.05) is 0 Å². The van der Waals surface area contributed by atoms with Crippen molar-refractivity contribution in [2.45, 2.75) is 86.4 Å². The lowest BCUT2D eigenvalue weighted by Crippen LogP contribution is -2.61. The van der Waals surface area contributed by atoms with Crippen LogP contribution in [0.5, 0.6) is 0 Å². The molecule has 0 aromatic carbocycles. The Morgan fingerprint density at radius 1 is 0.154 bits per heavy atom. The maximum absolute atomic E-state index is 13.4. The van der Waals surface area contributed by atoms with E-state index in [1.807, 2.05) is 0 Å². The quantitative estimate of drug-likeness (QED) is 0.0941. The highest BCUT2D eigenvalue weighted by Crippen LogP contribution is 2.53. The highest BCUT2D eigenvalue weighted by molar-refractivity contribution is 4.79. The Hall–Kier alpha value is -2.42. The molecule has 38 heteroatoms. The van der Waals surface area contributed by atoms with Crippen molar-refractivity contribution in [2.75, 3.05) is 0 Å². The lowest BCUT2D eigenvalue weighted by molar-refractivity contribution is -0.613. The molecule has 0 atom stereocenters. The molecule has 0 bridgehead atoms. The van der Waals surface area contributed by atoms with Gasteiger partial charge in [0.2, 0.25) is 0 Å². The summed E-state index contributed by atoms with van der Waals surface area (Å²) < 4.78 is 394. The fraction of sp³-hybridized carbons (Fsp3) is 1.00. The van der Waals surface area contributed by atoms with Gasteiger partial charge in [-0.05, 0) is 0 Å².